The molecule has 2 aliphatic rings. The van der Waals surface area contributed by atoms with Crippen molar-refractivity contribution < 1.29 is 14.3 Å². The number of amides is 3. The highest BCUT2D eigenvalue weighted by Gasteiger charge is 2.38. The third-order valence-corrected chi connectivity index (χ3v) is 6.92. The highest BCUT2D eigenvalue weighted by molar-refractivity contribution is 7.10. The Balaban J connectivity index is 1.48. The molecule has 0 spiro atoms. The molecule has 1 fully saturated rings. The van der Waals surface area contributed by atoms with Crippen LogP contribution >= 0.6 is 22.9 Å². The zero-order chi connectivity index (χ0) is 22.9. The Kier molecular flexibility index (Phi) is 6.67. The van der Waals surface area contributed by atoms with Crippen LogP contribution in [0.4, 0.5) is 4.79 Å². The van der Waals surface area contributed by atoms with Gasteiger partial charge < -0.3 is 19.9 Å². The second-order valence-electron chi connectivity index (χ2n) is 9.46. The largest absolute Gasteiger partial charge is 0.491 e. The number of rotatable bonds is 6. The fraction of sp³-hybridized carbons (Fsp3) is 0.500. The van der Waals surface area contributed by atoms with Gasteiger partial charge in [0, 0.05) is 28.0 Å². The number of fused-ring (bicyclic) bond motifs is 1. The molecule has 1 atom stereocenters. The normalized spacial score (nSPS) is 18.1. The summed E-state index contributed by atoms with van der Waals surface area (Å²) in [5, 5.41) is 5.73. The standard InChI is InChI=1S/C24H30ClN3O3S/c1-24(2,3)26-23(30)28(17-6-7-17)14-22(29)27-12-10-21-19(11-13-32-21)20(27)15-31-18-8-4-16(25)5-9-18/h4-5,8-9,11,13,17,20H,6-7,10,12,14-15H2,1-3H3,(H,26,30)/t20-/m1/s1. The molecule has 1 aromatic heterocycles. The molecule has 2 heterocycles. The maximum absolute atomic E-state index is 13.4. The molecular weight excluding hydrogens is 446 g/mol. The van der Waals surface area contributed by atoms with Crippen LogP contribution in [0.5, 0.6) is 5.75 Å². The van der Waals surface area contributed by atoms with E-state index in [-0.39, 0.29) is 36.1 Å². The molecule has 0 unspecified atom stereocenters. The van der Waals surface area contributed by atoms with E-state index in [1.54, 1.807) is 28.4 Å². The van der Waals surface area contributed by atoms with Crippen molar-refractivity contribution in [1.29, 1.82) is 0 Å². The average molecular weight is 476 g/mol. The number of halogens is 1. The van der Waals surface area contributed by atoms with E-state index in [4.69, 9.17) is 16.3 Å². The number of benzene rings is 1. The first-order valence-corrected chi connectivity index (χ1v) is 12.3. The summed E-state index contributed by atoms with van der Waals surface area (Å²) in [6.45, 7) is 6.92. The van der Waals surface area contributed by atoms with Crippen molar-refractivity contribution in [1.82, 2.24) is 15.1 Å². The molecule has 32 heavy (non-hydrogen) atoms. The highest BCUT2D eigenvalue weighted by Crippen LogP contribution is 2.35. The number of ether oxygens (including phenoxy) is 1. The van der Waals surface area contributed by atoms with Crippen LogP contribution in [-0.2, 0) is 11.2 Å². The number of nitrogens with zero attached hydrogens (tertiary/aromatic N) is 2. The molecule has 0 radical (unpaired) electrons. The lowest BCUT2D eigenvalue weighted by Crippen LogP contribution is -2.53. The first-order chi connectivity index (χ1) is 15.2. The van der Waals surface area contributed by atoms with Crippen molar-refractivity contribution in [2.45, 2.75) is 57.7 Å². The third-order valence-electron chi connectivity index (χ3n) is 5.67. The van der Waals surface area contributed by atoms with Crippen LogP contribution in [0.1, 0.15) is 50.1 Å². The summed E-state index contributed by atoms with van der Waals surface area (Å²) in [5.41, 5.74) is 0.791. The third kappa shape index (κ3) is 5.56. The van der Waals surface area contributed by atoms with Crippen LogP contribution in [0.15, 0.2) is 35.7 Å². The van der Waals surface area contributed by atoms with Crippen LogP contribution in [0.3, 0.4) is 0 Å². The van der Waals surface area contributed by atoms with Gasteiger partial charge in [-0.1, -0.05) is 11.6 Å². The van der Waals surface area contributed by atoms with Gasteiger partial charge in [0.1, 0.15) is 18.9 Å². The molecule has 172 valence electrons. The predicted octanol–water partition coefficient (Wildman–Crippen LogP) is 4.88. The van der Waals surface area contributed by atoms with Gasteiger partial charge in [-0.05, 0) is 81.3 Å². The van der Waals surface area contributed by atoms with E-state index in [1.165, 1.54) is 4.88 Å². The quantitative estimate of drug-likeness (QED) is 0.647. The van der Waals surface area contributed by atoms with Crippen molar-refractivity contribution in [2.75, 3.05) is 19.7 Å². The first kappa shape index (κ1) is 22.9. The summed E-state index contributed by atoms with van der Waals surface area (Å²) < 4.78 is 6.04. The molecule has 8 heteroatoms. The summed E-state index contributed by atoms with van der Waals surface area (Å²) in [7, 11) is 0. The lowest BCUT2D eigenvalue weighted by molar-refractivity contribution is -0.135. The van der Waals surface area contributed by atoms with Crippen molar-refractivity contribution in [3.05, 3.63) is 51.2 Å². The van der Waals surface area contributed by atoms with Gasteiger partial charge in [-0.25, -0.2) is 4.79 Å². The lowest BCUT2D eigenvalue weighted by atomic mass is 10.0. The number of carbonyl (C=O) groups is 2. The van der Waals surface area contributed by atoms with E-state index in [2.05, 4.69) is 16.8 Å². The Morgan fingerprint density at radius 2 is 1.94 bits per heavy atom. The predicted molar refractivity (Wildman–Crippen MR) is 127 cm³/mol. The molecule has 0 saturated heterocycles. The molecule has 2 aromatic rings. The summed E-state index contributed by atoms with van der Waals surface area (Å²) in [6.07, 6.45) is 2.72. The Labute approximate surface area is 198 Å². The minimum atomic E-state index is -0.348. The van der Waals surface area contributed by atoms with Crippen LogP contribution < -0.4 is 10.1 Å². The Morgan fingerprint density at radius 1 is 1.22 bits per heavy atom. The summed E-state index contributed by atoms with van der Waals surface area (Å²) >= 11 is 7.70. The van der Waals surface area contributed by atoms with Gasteiger partial charge in [0.25, 0.3) is 0 Å². The van der Waals surface area contributed by atoms with Crippen molar-refractivity contribution in [3.8, 4) is 5.75 Å². The summed E-state index contributed by atoms with van der Waals surface area (Å²) in [5.74, 6) is 0.677. The molecule has 0 bridgehead atoms. The van der Waals surface area contributed by atoms with Crippen LogP contribution in [0, 0.1) is 0 Å². The number of hydrogen-bond donors (Lipinski definition) is 1. The minimum Gasteiger partial charge on any atom is -0.491 e. The number of nitrogens with one attached hydrogen (secondary N) is 1. The second-order valence-corrected chi connectivity index (χ2v) is 10.9. The molecule has 1 aliphatic heterocycles. The Hall–Kier alpha value is -2.25. The molecule has 6 nitrogen and oxygen atoms in total. The number of hydrogen-bond acceptors (Lipinski definition) is 4. The van der Waals surface area contributed by atoms with Crippen molar-refractivity contribution in [2.24, 2.45) is 0 Å². The van der Waals surface area contributed by atoms with Crippen molar-refractivity contribution >= 4 is 34.9 Å². The van der Waals surface area contributed by atoms with E-state index in [0.717, 1.165) is 24.8 Å². The molecule has 4 rings (SSSR count). The maximum Gasteiger partial charge on any atom is 0.318 e. The molecule has 1 aromatic carbocycles. The van der Waals surface area contributed by atoms with Gasteiger partial charge in [-0.3, -0.25) is 4.79 Å². The number of urea groups is 1. The fourth-order valence-corrected chi connectivity index (χ4v) is 5.02. The van der Waals surface area contributed by atoms with Crippen LogP contribution in [-0.4, -0.2) is 53.0 Å². The molecule has 1 aliphatic carbocycles. The van der Waals surface area contributed by atoms with Gasteiger partial charge in [0.05, 0.1) is 6.04 Å². The lowest BCUT2D eigenvalue weighted by Gasteiger charge is -2.37. The van der Waals surface area contributed by atoms with E-state index in [1.807, 2.05) is 37.8 Å². The van der Waals surface area contributed by atoms with Crippen LogP contribution in [0.2, 0.25) is 5.02 Å². The zero-order valence-corrected chi connectivity index (χ0v) is 20.3. The first-order valence-electron chi connectivity index (χ1n) is 11.0. The Morgan fingerprint density at radius 3 is 2.59 bits per heavy atom. The minimum absolute atomic E-state index is 0.0393. The number of carbonyl (C=O) groups excluding carboxylic acids is 2. The van der Waals surface area contributed by atoms with Gasteiger partial charge in [-0.15, -0.1) is 11.3 Å². The molecule has 1 N–H and O–H groups in total. The fourth-order valence-electron chi connectivity index (χ4n) is 3.96. The second kappa shape index (κ2) is 9.32. The van der Waals surface area contributed by atoms with Crippen molar-refractivity contribution in [3.63, 3.8) is 0 Å². The van der Waals surface area contributed by atoms with Crippen LogP contribution in [0.25, 0.3) is 0 Å². The topological polar surface area (TPSA) is 61.9 Å². The van der Waals surface area contributed by atoms with Gasteiger partial charge in [-0.2, -0.15) is 0 Å². The summed E-state index contributed by atoms with van der Waals surface area (Å²) in [4.78, 5) is 31.2. The molecule has 1 saturated carbocycles. The van der Waals surface area contributed by atoms with E-state index in [0.29, 0.717) is 23.9 Å². The number of thiophene rings is 1. The van der Waals surface area contributed by atoms with E-state index in [9.17, 15) is 9.59 Å². The van der Waals surface area contributed by atoms with Gasteiger partial charge in [0.15, 0.2) is 0 Å². The van der Waals surface area contributed by atoms with Gasteiger partial charge in [0.2, 0.25) is 5.91 Å². The van der Waals surface area contributed by atoms with Gasteiger partial charge >= 0.3 is 6.03 Å². The highest BCUT2D eigenvalue weighted by atomic mass is 35.5. The monoisotopic (exact) mass is 475 g/mol. The molecular formula is C24H30ClN3O3S. The SMILES string of the molecule is CC(C)(C)NC(=O)N(CC(=O)N1CCc2sccc2[C@H]1COc1ccc(Cl)cc1)C1CC1. The smallest absolute Gasteiger partial charge is 0.318 e. The van der Waals surface area contributed by atoms with E-state index < -0.39 is 0 Å². The summed E-state index contributed by atoms with van der Waals surface area (Å²) in [6, 6.07) is 9.12. The Bertz CT molecular complexity index is 966. The molecule has 3 amide bonds. The maximum atomic E-state index is 13.4. The zero-order valence-electron chi connectivity index (χ0n) is 18.8. The van der Waals surface area contributed by atoms with E-state index >= 15 is 0 Å². The average Bonchev–Trinajstić information content (AvgIpc) is 3.45.